The molecule has 32 heavy (non-hydrogen) atoms. The molecule has 164 valence electrons. The predicted octanol–water partition coefficient (Wildman–Crippen LogP) is 5.40. The quantitative estimate of drug-likeness (QED) is 0.517. The van der Waals surface area contributed by atoms with Gasteiger partial charge in [0.15, 0.2) is 0 Å². The molecule has 5 nitrogen and oxygen atoms in total. The van der Waals surface area contributed by atoms with Crippen molar-refractivity contribution in [3.05, 3.63) is 101 Å². The monoisotopic (exact) mass is 428 g/mol. The van der Waals surface area contributed by atoms with Crippen LogP contribution in [0.3, 0.4) is 0 Å². The van der Waals surface area contributed by atoms with Gasteiger partial charge in [-0.05, 0) is 59.0 Å². The molecule has 0 heterocycles. The highest BCUT2D eigenvalue weighted by Crippen LogP contribution is 2.22. The van der Waals surface area contributed by atoms with E-state index in [4.69, 9.17) is 4.74 Å². The molecule has 5 heteroatoms. The van der Waals surface area contributed by atoms with Gasteiger partial charge in [0.2, 0.25) is 0 Å². The minimum absolute atomic E-state index is 0.00992. The summed E-state index contributed by atoms with van der Waals surface area (Å²) in [6.45, 7) is 6.35. The minimum Gasteiger partial charge on any atom is -0.497 e. The van der Waals surface area contributed by atoms with Gasteiger partial charge in [0.1, 0.15) is 11.4 Å². The number of carbonyl (C=O) groups excluding carboxylic acids is 2. The van der Waals surface area contributed by atoms with Crippen molar-refractivity contribution < 1.29 is 14.3 Å². The predicted molar refractivity (Wildman–Crippen MR) is 129 cm³/mol. The Bertz CT molecular complexity index is 1090. The second kappa shape index (κ2) is 9.96. The van der Waals surface area contributed by atoms with Gasteiger partial charge in [-0.1, -0.05) is 63.2 Å². The Kier molecular flexibility index (Phi) is 7.11. The zero-order valence-corrected chi connectivity index (χ0v) is 18.8. The van der Waals surface area contributed by atoms with E-state index in [0.29, 0.717) is 17.0 Å². The summed E-state index contributed by atoms with van der Waals surface area (Å²) in [5, 5.41) is 5.59. The lowest BCUT2D eigenvalue weighted by atomic mass is 9.87. The molecule has 0 aliphatic rings. The molecule has 0 aliphatic heterocycles. The number of ether oxygens (including phenoxy) is 1. The second-order valence-corrected chi connectivity index (χ2v) is 8.43. The van der Waals surface area contributed by atoms with Crippen LogP contribution in [0.25, 0.3) is 6.08 Å². The van der Waals surface area contributed by atoms with Crippen LogP contribution in [0, 0.1) is 0 Å². The summed E-state index contributed by atoms with van der Waals surface area (Å²) in [5.74, 6) is -0.0551. The second-order valence-electron chi connectivity index (χ2n) is 8.43. The highest BCUT2D eigenvalue weighted by atomic mass is 16.5. The van der Waals surface area contributed by atoms with Gasteiger partial charge in [0, 0.05) is 11.3 Å². The summed E-state index contributed by atoms with van der Waals surface area (Å²) in [5.41, 5.74) is 3.14. The molecule has 0 unspecified atom stereocenters. The van der Waals surface area contributed by atoms with Gasteiger partial charge in [-0.3, -0.25) is 9.59 Å². The number of para-hydroxylation sites is 1. The first-order chi connectivity index (χ1) is 15.3. The van der Waals surface area contributed by atoms with E-state index in [2.05, 4.69) is 31.4 Å². The summed E-state index contributed by atoms with van der Waals surface area (Å²) in [7, 11) is 1.59. The number of amides is 2. The van der Waals surface area contributed by atoms with Crippen molar-refractivity contribution in [3.63, 3.8) is 0 Å². The summed E-state index contributed by atoms with van der Waals surface area (Å²) >= 11 is 0. The number of methoxy groups -OCH3 is 1. The van der Waals surface area contributed by atoms with Gasteiger partial charge in [0.05, 0.1) is 7.11 Å². The highest BCUT2D eigenvalue weighted by Gasteiger charge is 2.17. The van der Waals surface area contributed by atoms with Gasteiger partial charge < -0.3 is 15.4 Å². The maximum absolute atomic E-state index is 13.0. The number of benzene rings is 3. The fourth-order valence-corrected chi connectivity index (χ4v) is 3.06. The minimum atomic E-state index is -0.410. The topological polar surface area (TPSA) is 67.4 Å². The van der Waals surface area contributed by atoms with Crippen LogP contribution in [0.5, 0.6) is 5.75 Å². The van der Waals surface area contributed by atoms with Crippen LogP contribution in [0.2, 0.25) is 0 Å². The zero-order chi connectivity index (χ0) is 23.1. The van der Waals surface area contributed by atoms with Crippen LogP contribution in [0.15, 0.2) is 84.6 Å². The number of anilines is 1. The Balaban J connectivity index is 1.86. The van der Waals surface area contributed by atoms with Crippen LogP contribution in [-0.4, -0.2) is 18.9 Å². The van der Waals surface area contributed by atoms with E-state index in [1.54, 1.807) is 49.6 Å². The van der Waals surface area contributed by atoms with Crippen LogP contribution in [0.1, 0.15) is 42.3 Å². The Hall–Kier alpha value is -3.86. The molecule has 0 atom stereocenters. The largest absolute Gasteiger partial charge is 0.497 e. The first kappa shape index (κ1) is 22.8. The van der Waals surface area contributed by atoms with E-state index < -0.39 is 5.91 Å². The van der Waals surface area contributed by atoms with Gasteiger partial charge in [-0.25, -0.2) is 0 Å². The van der Waals surface area contributed by atoms with E-state index in [1.165, 1.54) is 0 Å². The molecule has 3 aromatic carbocycles. The summed E-state index contributed by atoms with van der Waals surface area (Å²) in [6.07, 6.45) is 1.64. The lowest BCUT2D eigenvalue weighted by molar-refractivity contribution is -0.113. The number of nitrogens with one attached hydrogen (secondary N) is 2. The van der Waals surface area contributed by atoms with Crippen molar-refractivity contribution in [3.8, 4) is 5.75 Å². The van der Waals surface area contributed by atoms with E-state index in [1.807, 2.05) is 42.5 Å². The number of rotatable bonds is 6. The number of hydrogen-bond acceptors (Lipinski definition) is 3. The van der Waals surface area contributed by atoms with Crippen molar-refractivity contribution in [1.82, 2.24) is 5.32 Å². The van der Waals surface area contributed by atoms with Crippen molar-refractivity contribution in [2.24, 2.45) is 0 Å². The fraction of sp³-hybridized carbons (Fsp3) is 0.185. The Morgan fingerprint density at radius 2 is 1.47 bits per heavy atom. The van der Waals surface area contributed by atoms with Crippen LogP contribution < -0.4 is 15.4 Å². The molecule has 2 N–H and O–H groups in total. The van der Waals surface area contributed by atoms with E-state index >= 15 is 0 Å². The molecular formula is C27H28N2O3. The molecular weight excluding hydrogens is 400 g/mol. The van der Waals surface area contributed by atoms with Gasteiger partial charge in [-0.15, -0.1) is 0 Å². The van der Waals surface area contributed by atoms with Crippen molar-refractivity contribution in [1.29, 1.82) is 0 Å². The number of hydrogen-bond donors (Lipinski definition) is 2. The molecule has 3 rings (SSSR count). The van der Waals surface area contributed by atoms with Crippen molar-refractivity contribution >= 4 is 23.6 Å². The molecule has 2 amide bonds. The maximum atomic E-state index is 13.0. The molecule has 0 saturated heterocycles. The lowest BCUT2D eigenvalue weighted by Gasteiger charge is -2.19. The highest BCUT2D eigenvalue weighted by molar-refractivity contribution is 6.10. The molecule has 0 radical (unpaired) electrons. The van der Waals surface area contributed by atoms with E-state index in [-0.39, 0.29) is 17.0 Å². The average molecular weight is 429 g/mol. The third-order valence-electron chi connectivity index (χ3n) is 4.96. The molecule has 0 fully saturated rings. The summed E-state index contributed by atoms with van der Waals surface area (Å²) in [6, 6.07) is 23.8. The van der Waals surface area contributed by atoms with E-state index in [9.17, 15) is 9.59 Å². The molecule has 0 aliphatic carbocycles. The van der Waals surface area contributed by atoms with Gasteiger partial charge >= 0.3 is 0 Å². The van der Waals surface area contributed by atoms with Crippen LogP contribution >= 0.6 is 0 Å². The average Bonchev–Trinajstić information content (AvgIpc) is 2.79. The Morgan fingerprint density at radius 3 is 2.03 bits per heavy atom. The van der Waals surface area contributed by atoms with Crippen LogP contribution in [-0.2, 0) is 10.2 Å². The Morgan fingerprint density at radius 1 is 0.844 bits per heavy atom. The first-order valence-electron chi connectivity index (χ1n) is 10.4. The molecule has 3 aromatic rings. The first-order valence-corrected chi connectivity index (χ1v) is 10.4. The van der Waals surface area contributed by atoms with Crippen molar-refractivity contribution in [2.45, 2.75) is 26.2 Å². The number of carbonyl (C=O) groups is 2. The Labute approximate surface area is 189 Å². The van der Waals surface area contributed by atoms with Crippen LogP contribution in [0.4, 0.5) is 5.69 Å². The lowest BCUT2D eigenvalue weighted by Crippen LogP contribution is -2.30. The SMILES string of the molecule is COc1ccc(C=C(NC(=O)c2ccc(C(C)(C)C)cc2)C(=O)Nc2ccccc2)cc1. The normalized spacial score (nSPS) is 11.6. The molecule has 0 saturated carbocycles. The van der Waals surface area contributed by atoms with Crippen molar-refractivity contribution in [2.75, 3.05) is 12.4 Å². The zero-order valence-electron chi connectivity index (χ0n) is 18.8. The summed E-state index contributed by atoms with van der Waals surface area (Å²) < 4.78 is 5.19. The fourth-order valence-electron chi connectivity index (χ4n) is 3.06. The molecule has 0 aromatic heterocycles. The van der Waals surface area contributed by atoms with Gasteiger partial charge in [0.25, 0.3) is 11.8 Å². The summed E-state index contributed by atoms with van der Waals surface area (Å²) in [4.78, 5) is 25.9. The molecule has 0 bridgehead atoms. The molecule has 0 spiro atoms. The van der Waals surface area contributed by atoms with E-state index in [0.717, 1.165) is 11.1 Å². The third kappa shape index (κ3) is 6.08. The smallest absolute Gasteiger partial charge is 0.272 e. The third-order valence-corrected chi connectivity index (χ3v) is 4.96. The standard InChI is InChI=1S/C27H28N2O3/c1-27(2,3)21-14-12-20(13-15-21)25(30)29-24(18-19-10-16-23(32-4)17-11-19)26(31)28-22-8-6-5-7-9-22/h5-18H,1-4H3,(H,28,31)(H,29,30). The maximum Gasteiger partial charge on any atom is 0.272 e. The van der Waals surface area contributed by atoms with Gasteiger partial charge in [-0.2, -0.15) is 0 Å².